The lowest BCUT2D eigenvalue weighted by Gasteiger charge is -2.16. The smallest absolute Gasteiger partial charge is 0.323 e. The van der Waals surface area contributed by atoms with Gasteiger partial charge in [-0.05, 0) is 6.07 Å². The van der Waals surface area contributed by atoms with E-state index >= 15 is 0 Å². The summed E-state index contributed by atoms with van der Waals surface area (Å²) < 4.78 is 0. The third-order valence-corrected chi connectivity index (χ3v) is 2.79. The van der Waals surface area contributed by atoms with Gasteiger partial charge in [-0.2, -0.15) is 0 Å². The van der Waals surface area contributed by atoms with E-state index in [1.54, 1.807) is 24.3 Å². The monoisotopic (exact) mass is 217 g/mol. The summed E-state index contributed by atoms with van der Waals surface area (Å²) in [6.45, 7) is 0. The van der Waals surface area contributed by atoms with Crippen LogP contribution in [0.5, 0.6) is 0 Å². The lowest BCUT2D eigenvalue weighted by atomic mass is 9.92. The van der Waals surface area contributed by atoms with Crippen LogP contribution < -0.4 is 16.0 Å². The van der Waals surface area contributed by atoms with Gasteiger partial charge in [-0.1, -0.05) is 18.2 Å². The van der Waals surface area contributed by atoms with E-state index in [0.29, 0.717) is 11.3 Å². The van der Waals surface area contributed by atoms with Gasteiger partial charge >= 0.3 is 6.03 Å². The van der Waals surface area contributed by atoms with Gasteiger partial charge in [0.2, 0.25) is 5.54 Å². The van der Waals surface area contributed by atoms with Crippen molar-refractivity contribution in [1.29, 1.82) is 0 Å². The van der Waals surface area contributed by atoms with Crippen LogP contribution in [0.4, 0.5) is 10.5 Å². The van der Waals surface area contributed by atoms with Crippen LogP contribution in [-0.2, 0) is 15.1 Å². The first kappa shape index (κ1) is 8.90. The number of amides is 4. The third kappa shape index (κ3) is 0.837. The molecule has 0 radical (unpaired) electrons. The molecule has 1 spiro atoms. The molecule has 2 aliphatic heterocycles. The minimum absolute atomic E-state index is 0.475. The molecule has 6 heteroatoms. The van der Waals surface area contributed by atoms with E-state index in [1.807, 2.05) is 0 Å². The number of para-hydroxylation sites is 1. The summed E-state index contributed by atoms with van der Waals surface area (Å²) in [5.74, 6) is -1.17. The first-order valence-electron chi connectivity index (χ1n) is 4.69. The lowest BCUT2D eigenvalue weighted by Crippen LogP contribution is -2.49. The third-order valence-electron chi connectivity index (χ3n) is 2.79. The Morgan fingerprint density at radius 1 is 0.938 bits per heavy atom. The molecule has 1 atom stereocenters. The molecule has 3 N–H and O–H groups in total. The molecule has 3 rings (SSSR count). The molecule has 2 heterocycles. The molecule has 16 heavy (non-hydrogen) atoms. The molecule has 4 amide bonds. The SMILES string of the molecule is O=C1NC(=O)[C@]2(N1)C(=O)Nc1ccccc12. The van der Waals surface area contributed by atoms with Crippen LogP contribution >= 0.6 is 0 Å². The quantitative estimate of drug-likeness (QED) is 0.411. The molecule has 80 valence electrons. The molecule has 1 fully saturated rings. The van der Waals surface area contributed by atoms with Crippen molar-refractivity contribution in [2.75, 3.05) is 5.32 Å². The van der Waals surface area contributed by atoms with Gasteiger partial charge in [0.25, 0.3) is 11.8 Å². The highest BCUT2D eigenvalue weighted by Crippen LogP contribution is 2.37. The highest BCUT2D eigenvalue weighted by atomic mass is 16.2. The predicted molar refractivity (Wildman–Crippen MR) is 53.4 cm³/mol. The highest BCUT2D eigenvalue weighted by molar-refractivity contribution is 6.26. The Hall–Kier alpha value is -2.37. The minimum atomic E-state index is -1.59. The highest BCUT2D eigenvalue weighted by Gasteiger charge is 2.58. The first-order valence-corrected chi connectivity index (χ1v) is 4.69. The number of fused-ring (bicyclic) bond motifs is 2. The number of rotatable bonds is 0. The molecule has 0 bridgehead atoms. The molecule has 2 aliphatic rings. The average molecular weight is 217 g/mol. The largest absolute Gasteiger partial charge is 0.323 e. The number of hydrogen-bond acceptors (Lipinski definition) is 3. The maximum Gasteiger partial charge on any atom is 0.323 e. The van der Waals surface area contributed by atoms with Gasteiger partial charge in [-0.3, -0.25) is 14.9 Å². The number of urea groups is 1. The molecular formula is C10H7N3O3. The Bertz CT molecular complexity index is 540. The average Bonchev–Trinajstić information content (AvgIpc) is 2.69. The zero-order valence-electron chi connectivity index (χ0n) is 8.03. The first-order chi connectivity index (χ1) is 7.64. The van der Waals surface area contributed by atoms with E-state index in [1.165, 1.54) is 0 Å². The lowest BCUT2D eigenvalue weighted by molar-refractivity contribution is -0.132. The molecule has 1 aromatic carbocycles. The molecule has 0 saturated carbocycles. The van der Waals surface area contributed by atoms with Crippen molar-refractivity contribution in [2.24, 2.45) is 0 Å². The molecule has 6 nitrogen and oxygen atoms in total. The number of carbonyl (C=O) groups excluding carboxylic acids is 3. The molecule has 0 unspecified atom stereocenters. The van der Waals surface area contributed by atoms with Gasteiger partial charge in [0.1, 0.15) is 0 Å². The summed E-state index contributed by atoms with van der Waals surface area (Å²) in [6, 6.07) is 6.11. The van der Waals surface area contributed by atoms with Crippen molar-refractivity contribution >= 4 is 23.5 Å². The number of nitrogens with one attached hydrogen (secondary N) is 3. The summed E-state index contributed by atoms with van der Waals surface area (Å²) in [6.07, 6.45) is 0. The Balaban J connectivity index is 2.25. The predicted octanol–water partition coefficient (Wildman–Crippen LogP) is -0.327. The second-order valence-corrected chi connectivity index (χ2v) is 3.66. The summed E-state index contributed by atoms with van der Waals surface area (Å²) in [5.41, 5.74) is -0.568. The fourth-order valence-corrected chi connectivity index (χ4v) is 2.06. The Labute approximate surface area is 90.0 Å². The molecule has 0 aliphatic carbocycles. The van der Waals surface area contributed by atoms with Crippen molar-refractivity contribution in [1.82, 2.24) is 10.6 Å². The van der Waals surface area contributed by atoms with E-state index in [2.05, 4.69) is 16.0 Å². The summed E-state index contributed by atoms with van der Waals surface area (Å²) >= 11 is 0. The number of hydrogen-bond donors (Lipinski definition) is 3. The van der Waals surface area contributed by atoms with Crippen LogP contribution in [0.15, 0.2) is 24.3 Å². The fraction of sp³-hybridized carbons (Fsp3) is 0.100. The van der Waals surface area contributed by atoms with Crippen LogP contribution in [-0.4, -0.2) is 17.8 Å². The van der Waals surface area contributed by atoms with Crippen molar-refractivity contribution in [3.8, 4) is 0 Å². The van der Waals surface area contributed by atoms with Crippen LogP contribution in [0, 0.1) is 0 Å². The van der Waals surface area contributed by atoms with E-state index in [0.717, 1.165) is 0 Å². The fourth-order valence-electron chi connectivity index (χ4n) is 2.06. The minimum Gasteiger partial charge on any atom is -0.323 e. The van der Waals surface area contributed by atoms with E-state index in [4.69, 9.17) is 0 Å². The number of imide groups is 1. The summed E-state index contributed by atoms with van der Waals surface area (Å²) in [7, 11) is 0. The Morgan fingerprint density at radius 3 is 2.31 bits per heavy atom. The molecule has 0 aromatic heterocycles. The second kappa shape index (κ2) is 2.60. The van der Waals surface area contributed by atoms with Crippen molar-refractivity contribution in [3.63, 3.8) is 0 Å². The standard InChI is InChI=1S/C10H7N3O3/c14-7-10(8(15)12-9(16)13-10)5-3-1-2-4-6(5)11-7/h1-4H,(H,11,14)(H2,12,13,15,16)/t10-/m1/s1. The Morgan fingerprint density at radius 2 is 1.62 bits per heavy atom. The van der Waals surface area contributed by atoms with Crippen molar-refractivity contribution in [2.45, 2.75) is 5.54 Å². The maximum absolute atomic E-state index is 11.8. The van der Waals surface area contributed by atoms with Gasteiger partial charge < -0.3 is 10.6 Å². The van der Waals surface area contributed by atoms with Crippen molar-refractivity contribution in [3.05, 3.63) is 29.8 Å². The van der Waals surface area contributed by atoms with Gasteiger partial charge in [0.15, 0.2) is 0 Å². The maximum atomic E-state index is 11.8. The zero-order valence-corrected chi connectivity index (χ0v) is 8.03. The molecule has 1 aromatic rings. The van der Waals surface area contributed by atoms with E-state index < -0.39 is 23.4 Å². The Kier molecular flexibility index (Phi) is 1.45. The van der Waals surface area contributed by atoms with Crippen molar-refractivity contribution < 1.29 is 14.4 Å². The van der Waals surface area contributed by atoms with Crippen LogP contribution in [0.3, 0.4) is 0 Å². The van der Waals surface area contributed by atoms with E-state index in [-0.39, 0.29) is 0 Å². The molecule has 1 saturated heterocycles. The van der Waals surface area contributed by atoms with Crippen LogP contribution in [0.25, 0.3) is 0 Å². The van der Waals surface area contributed by atoms with Gasteiger partial charge in [-0.25, -0.2) is 4.79 Å². The summed E-state index contributed by atoms with van der Waals surface area (Å²) in [5, 5.41) is 7.01. The normalized spacial score (nSPS) is 26.4. The summed E-state index contributed by atoms with van der Waals surface area (Å²) in [4.78, 5) is 34.7. The number of carbonyl (C=O) groups is 3. The molecular weight excluding hydrogens is 210 g/mol. The van der Waals surface area contributed by atoms with Gasteiger partial charge in [0, 0.05) is 11.3 Å². The van der Waals surface area contributed by atoms with E-state index in [9.17, 15) is 14.4 Å². The van der Waals surface area contributed by atoms with Gasteiger partial charge in [0.05, 0.1) is 0 Å². The number of anilines is 1. The number of benzene rings is 1. The van der Waals surface area contributed by atoms with Crippen LogP contribution in [0.2, 0.25) is 0 Å². The van der Waals surface area contributed by atoms with Crippen LogP contribution in [0.1, 0.15) is 5.56 Å². The second-order valence-electron chi connectivity index (χ2n) is 3.66. The van der Waals surface area contributed by atoms with Gasteiger partial charge in [-0.15, -0.1) is 0 Å². The topological polar surface area (TPSA) is 87.3 Å². The zero-order chi connectivity index (χ0) is 11.3.